The Morgan fingerprint density at radius 1 is 1.20 bits per heavy atom. The molecule has 2 rings (SSSR count). The second kappa shape index (κ2) is 6.45. The van der Waals surface area contributed by atoms with Gasteiger partial charge in [0.15, 0.2) is 0 Å². The third-order valence-electron chi connectivity index (χ3n) is 3.51. The van der Waals surface area contributed by atoms with Gasteiger partial charge in [0.1, 0.15) is 5.75 Å². The van der Waals surface area contributed by atoms with Gasteiger partial charge in [-0.15, -0.1) is 0 Å². The summed E-state index contributed by atoms with van der Waals surface area (Å²) in [5.74, 6) is 1.06. The molecule has 1 aromatic rings. The second-order valence-electron chi connectivity index (χ2n) is 4.90. The molecule has 20 heavy (non-hydrogen) atoms. The van der Waals surface area contributed by atoms with Crippen LogP contribution in [0.1, 0.15) is 13.3 Å². The number of methoxy groups -OCH3 is 1. The molecule has 0 bridgehead atoms. The molecule has 0 aromatic heterocycles. The van der Waals surface area contributed by atoms with Crippen molar-refractivity contribution in [3.63, 3.8) is 0 Å². The van der Waals surface area contributed by atoms with Gasteiger partial charge in [0.05, 0.1) is 12.9 Å². The van der Waals surface area contributed by atoms with Gasteiger partial charge in [-0.1, -0.05) is 13.0 Å². The van der Waals surface area contributed by atoms with Gasteiger partial charge in [0.2, 0.25) is 10.0 Å². The van der Waals surface area contributed by atoms with Crippen LogP contribution in [0.4, 0.5) is 5.69 Å². The molecule has 0 spiro atoms. The minimum Gasteiger partial charge on any atom is -0.497 e. The van der Waals surface area contributed by atoms with Crippen molar-refractivity contribution >= 4 is 15.7 Å². The lowest BCUT2D eigenvalue weighted by Crippen LogP contribution is -2.49. The monoisotopic (exact) mass is 298 g/mol. The molecule has 5 nitrogen and oxygen atoms in total. The van der Waals surface area contributed by atoms with Crippen molar-refractivity contribution in [3.8, 4) is 5.75 Å². The number of nitrogens with zero attached hydrogens (tertiary/aromatic N) is 2. The number of hydrogen-bond donors (Lipinski definition) is 0. The first-order valence-electron chi connectivity index (χ1n) is 6.93. The van der Waals surface area contributed by atoms with Crippen LogP contribution in [-0.4, -0.2) is 51.8 Å². The molecule has 1 aliphatic rings. The topological polar surface area (TPSA) is 49.9 Å². The molecule has 0 unspecified atom stereocenters. The minimum atomic E-state index is -3.07. The highest BCUT2D eigenvalue weighted by atomic mass is 32.2. The molecule has 0 N–H and O–H groups in total. The molecule has 0 saturated carbocycles. The fourth-order valence-corrected chi connectivity index (χ4v) is 3.91. The van der Waals surface area contributed by atoms with Gasteiger partial charge in [-0.25, -0.2) is 8.42 Å². The van der Waals surface area contributed by atoms with Crippen molar-refractivity contribution in [1.82, 2.24) is 4.31 Å². The lowest BCUT2D eigenvalue weighted by atomic mass is 10.2. The molecular weight excluding hydrogens is 276 g/mol. The van der Waals surface area contributed by atoms with E-state index < -0.39 is 10.0 Å². The summed E-state index contributed by atoms with van der Waals surface area (Å²) in [6.45, 7) is 4.44. The lowest BCUT2D eigenvalue weighted by Gasteiger charge is -2.35. The Morgan fingerprint density at radius 2 is 1.90 bits per heavy atom. The molecule has 112 valence electrons. The molecule has 0 radical (unpaired) electrons. The normalized spacial score (nSPS) is 17.2. The van der Waals surface area contributed by atoms with E-state index in [-0.39, 0.29) is 5.75 Å². The van der Waals surface area contributed by atoms with Crippen molar-refractivity contribution in [3.05, 3.63) is 24.3 Å². The molecule has 0 amide bonds. The van der Waals surface area contributed by atoms with Crippen molar-refractivity contribution in [2.24, 2.45) is 0 Å². The quantitative estimate of drug-likeness (QED) is 0.828. The summed E-state index contributed by atoms with van der Waals surface area (Å²) >= 11 is 0. The Bertz CT molecular complexity index is 537. The number of rotatable bonds is 5. The van der Waals surface area contributed by atoms with E-state index in [2.05, 4.69) is 4.90 Å². The zero-order valence-electron chi connectivity index (χ0n) is 12.1. The van der Waals surface area contributed by atoms with Gasteiger partial charge in [0.25, 0.3) is 0 Å². The summed E-state index contributed by atoms with van der Waals surface area (Å²) in [5.41, 5.74) is 1.08. The Balaban J connectivity index is 2.00. The highest BCUT2D eigenvalue weighted by Crippen LogP contribution is 2.22. The summed E-state index contributed by atoms with van der Waals surface area (Å²) in [6, 6.07) is 7.87. The molecule has 1 heterocycles. The predicted octanol–water partition coefficient (Wildman–Crippen LogP) is 1.56. The van der Waals surface area contributed by atoms with Crippen molar-refractivity contribution < 1.29 is 13.2 Å². The number of hydrogen-bond acceptors (Lipinski definition) is 4. The van der Waals surface area contributed by atoms with Gasteiger partial charge in [-0.2, -0.15) is 4.31 Å². The van der Waals surface area contributed by atoms with E-state index in [9.17, 15) is 8.42 Å². The van der Waals surface area contributed by atoms with E-state index in [1.54, 1.807) is 11.4 Å². The third kappa shape index (κ3) is 3.43. The van der Waals surface area contributed by atoms with Gasteiger partial charge in [-0.3, -0.25) is 0 Å². The Kier molecular flexibility index (Phi) is 4.88. The van der Waals surface area contributed by atoms with Crippen LogP contribution in [0.15, 0.2) is 24.3 Å². The smallest absolute Gasteiger partial charge is 0.214 e. The number of benzene rings is 1. The fraction of sp³-hybridized carbons (Fsp3) is 0.571. The first-order valence-corrected chi connectivity index (χ1v) is 8.54. The zero-order valence-corrected chi connectivity index (χ0v) is 12.9. The van der Waals surface area contributed by atoms with Crippen LogP contribution in [0.3, 0.4) is 0 Å². The van der Waals surface area contributed by atoms with E-state index in [0.717, 1.165) is 24.5 Å². The largest absolute Gasteiger partial charge is 0.497 e. The van der Waals surface area contributed by atoms with Gasteiger partial charge >= 0.3 is 0 Å². The Hall–Kier alpha value is -1.27. The third-order valence-corrected chi connectivity index (χ3v) is 5.59. The van der Waals surface area contributed by atoms with Crippen LogP contribution in [0, 0.1) is 0 Å². The summed E-state index contributed by atoms with van der Waals surface area (Å²) < 4.78 is 30.9. The Morgan fingerprint density at radius 3 is 2.50 bits per heavy atom. The highest BCUT2D eigenvalue weighted by molar-refractivity contribution is 7.89. The summed E-state index contributed by atoms with van der Waals surface area (Å²) in [5, 5.41) is 0. The van der Waals surface area contributed by atoms with E-state index in [1.165, 1.54) is 0 Å². The number of piperazine rings is 1. The molecular formula is C14H22N2O3S. The molecule has 0 atom stereocenters. The molecule has 1 fully saturated rings. The molecule has 0 aliphatic carbocycles. The standard InChI is InChI=1S/C14H22N2O3S/c1-3-11-20(17,18)16-9-7-15(8-10-16)13-5-4-6-14(12-13)19-2/h4-6,12H,3,7-11H2,1-2H3. The Labute approximate surface area is 121 Å². The summed E-state index contributed by atoms with van der Waals surface area (Å²) in [7, 11) is -1.42. The molecule has 1 saturated heterocycles. The van der Waals surface area contributed by atoms with Gasteiger partial charge in [0, 0.05) is 37.9 Å². The van der Waals surface area contributed by atoms with Gasteiger partial charge in [-0.05, 0) is 18.6 Å². The first-order chi connectivity index (χ1) is 9.56. The molecule has 1 aromatic carbocycles. The maximum atomic E-state index is 12.0. The number of sulfonamides is 1. The van der Waals surface area contributed by atoms with Crippen LogP contribution in [-0.2, 0) is 10.0 Å². The maximum Gasteiger partial charge on any atom is 0.214 e. The van der Waals surface area contributed by atoms with E-state index >= 15 is 0 Å². The predicted molar refractivity (Wildman–Crippen MR) is 80.9 cm³/mol. The average molecular weight is 298 g/mol. The van der Waals surface area contributed by atoms with E-state index in [4.69, 9.17) is 4.74 Å². The average Bonchev–Trinajstić information content (AvgIpc) is 2.47. The summed E-state index contributed by atoms with van der Waals surface area (Å²) in [4.78, 5) is 2.19. The minimum absolute atomic E-state index is 0.242. The van der Waals surface area contributed by atoms with Crippen LogP contribution >= 0.6 is 0 Å². The van der Waals surface area contributed by atoms with Crippen molar-refractivity contribution in [2.75, 3.05) is 43.9 Å². The SMILES string of the molecule is CCCS(=O)(=O)N1CCN(c2cccc(OC)c2)CC1. The van der Waals surface area contributed by atoms with E-state index in [0.29, 0.717) is 19.5 Å². The number of ether oxygens (including phenoxy) is 1. The first kappa shape index (κ1) is 15.1. The maximum absolute atomic E-state index is 12.0. The van der Waals surface area contributed by atoms with Crippen molar-refractivity contribution in [2.45, 2.75) is 13.3 Å². The van der Waals surface area contributed by atoms with Crippen LogP contribution in [0.25, 0.3) is 0 Å². The molecule has 6 heteroatoms. The summed E-state index contributed by atoms with van der Waals surface area (Å²) in [6.07, 6.45) is 0.665. The fourth-order valence-electron chi connectivity index (χ4n) is 2.42. The van der Waals surface area contributed by atoms with Gasteiger partial charge < -0.3 is 9.64 Å². The lowest BCUT2D eigenvalue weighted by molar-refractivity contribution is 0.384. The van der Waals surface area contributed by atoms with Crippen LogP contribution in [0.2, 0.25) is 0 Å². The van der Waals surface area contributed by atoms with Crippen LogP contribution in [0.5, 0.6) is 5.75 Å². The zero-order chi connectivity index (χ0) is 14.6. The second-order valence-corrected chi connectivity index (χ2v) is 6.99. The highest BCUT2D eigenvalue weighted by Gasteiger charge is 2.26. The van der Waals surface area contributed by atoms with Crippen LogP contribution < -0.4 is 9.64 Å². The molecule has 1 aliphatic heterocycles. The van der Waals surface area contributed by atoms with Crippen molar-refractivity contribution in [1.29, 1.82) is 0 Å². The van der Waals surface area contributed by atoms with E-state index in [1.807, 2.05) is 31.2 Å². The number of anilines is 1.